The van der Waals surface area contributed by atoms with E-state index in [4.69, 9.17) is 16.3 Å². The van der Waals surface area contributed by atoms with E-state index < -0.39 is 11.7 Å². The van der Waals surface area contributed by atoms with Crippen molar-refractivity contribution in [3.05, 3.63) is 59.1 Å². The van der Waals surface area contributed by atoms with Gasteiger partial charge in [-0.25, -0.2) is 9.37 Å². The van der Waals surface area contributed by atoms with Crippen LogP contribution in [0.5, 0.6) is 5.75 Å². The van der Waals surface area contributed by atoms with Crippen molar-refractivity contribution >= 4 is 28.5 Å². The molecule has 0 aliphatic carbocycles. The fraction of sp³-hybridized carbons (Fsp3) is 0.417. The molecule has 0 radical (unpaired) electrons. The Morgan fingerprint density at radius 1 is 1.31 bits per heavy atom. The number of carbonyl (C=O) groups excluding carboxylic acids is 1. The average Bonchev–Trinajstić information content (AvgIpc) is 3.05. The van der Waals surface area contributed by atoms with Gasteiger partial charge >= 0.3 is 0 Å². The number of hydrogen-bond acceptors (Lipinski definition) is 4. The standard InChI is InChI=1S/C24H27ClFN3O3/c1-15(2)13-24(31)10-11-29(14-21(24)32-18-7-5-17(26)6-8-18)23(30)22-27-19-12-16(25)4-9-20(19)28(22)3/h4-9,12,15,21,31H,10-11,13-14H2,1-3H3/t21-,24+/m0/s1. The number of nitrogens with zero attached hydrogens (tertiary/aromatic N) is 3. The van der Waals surface area contributed by atoms with Crippen molar-refractivity contribution < 1.29 is 19.0 Å². The number of aromatic nitrogens is 2. The highest BCUT2D eigenvalue weighted by atomic mass is 35.5. The van der Waals surface area contributed by atoms with Gasteiger partial charge in [-0.15, -0.1) is 0 Å². The molecule has 0 saturated carbocycles. The minimum atomic E-state index is -1.10. The molecule has 1 amide bonds. The van der Waals surface area contributed by atoms with Gasteiger partial charge < -0.3 is 19.3 Å². The lowest BCUT2D eigenvalue weighted by atomic mass is 9.81. The third kappa shape index (κ3) is 4.45. The predicted molar refractivity (Wildman–Crippen MR) is 121 cm³/mol. The molecule has 32 heavy (non-hydrogen) atoms. The van der Waals surface area contributed by atoms with Crippen molar-refractivity contribution in [3.8, 4) is 5.75 Å². The molecule has 1 fully saturated rings. The number of hydrogen-bond donors (Lipinski definition) is 1. The highest BCUT2D eigenvalue weighted by Gasteiger charge is 2.45. The number of aliphatic hydroxyl groups is 1. The lowest BCUT2D eigenvalue weighted by Crippen LogP contribution is -2.59. The number of amides is 1. The summed E-state index contributed by atoms with van der Waals surface area (Å²) in [5.41, 5.74) is 0.361. The Labute approximate surface area is 191 Å². The Hall–Kier alpha value is -2.64. The number of ether oxygens (including phenoxy) is 1. The molecule has 1 aliphatic heterocycles. The maximum atomic E-state index is 13.4. The molecule has 1 aromatic heterocycles. The van der Waals surface area contributed by atoms with Gasteiger partial charge in [0, 0.05) is 18.6 Å². The molecule has 2 atom stereocenters. The number of halogens is 2. The lowest BCUT2D eigenvalue weighted by molar-refractivity contribution is -0.111. The monoisotopic (exact) mass is 459 g/mol. The summed E-state index contributed by atoms with van der Waals surface area (Å²) in [5.74, 6) is 0.393. The first-order valence-corrected chi connectivity index (χ1v) is 11.1. The van der Waals surface area contributed by atoms with Crippen molar-refractivity contribution in [1.82, 2.24) is 14.5 Å². The molecular weight excluding hydrogens is 433 g/mol. The maximum absolute atomic E-state index is 13.4. The zero-order valence-electron chi connectivity index (χ0n) is 18.4. The zero-order chi connectivity index (χ0) is 23.0. The lowest BCUT2D eigenvalue weighted by Gasteiger charge is -2.45. The van der Waals surface area contributed by atoms with E-state index in [1.807, 2.05) is 19.9 Å². The summed E-state index contributed by atoms with van der Waals surface area (Å²) < 4.78 is 21.2. The highest BCUT2D eigenvalue weighted by Crippen LogP contribution is 2.33. The Balaban J connectivity index is 1.61. The Morgan fingerprint density at radius 2 is 2.03 bits per heavy atom. The van der Waals surface area contributed by atoms with Crippen LogP contribution >= 0.6 is 11.6 Å². The van der Waals surface area contributed by atoms with Crippen LogP contribution in [0.25, 0.3) is 11.0 Å². The van der Waals surface area contributed by atoms with Crippen LogP contribution in [0.15, 0.2) is 42.5 Å². The second kappa shape index (κ2) is 8.71. The first kappa shape index (κ1) is 22.6. The van der Waals surface area contributed by atoms with Crippen molar-refractivity contribution in [2.24, 2.45) is 13.0 Å². The quantitative estimate of drug-likeness (QED) is 0.612. The fourth-order valence-electron chi connectivity index (χ4n) is 4.41. The summed E-state index contributed by atoms with van der Waals surface area (Å²) in [5, 5.41) is 12.0. The van der Waals surface area contributed by atoms with Gasteiger partial charge in [0.25, 0.3) is 5.91 Å². The molecule has 0 spiro atoms. The number of fused-ring (bicyclic) bond motifs is 1. The molecule has 8 heteroatoms. The summed E-state index contributed by atoms with van der Waals surface area (Å²) in [7, 11) is 1.79. The molecule has 2 aromatic carbocycles. The smallest absolute Gasteiger partial charge is 0.290 e. The van der Waals surface area contributed by atoms with Gasteiger partial charge in [0.2, 0.25) is 0 Å². The molecule has 6 nitrogen and oxygen atoms in total. The van der Waals surface area contributed by atoms with Crippen molar-refractivity contribution in [3.63, 3.8) is 0 Å². The number of aryl methyl sites for hydroxylation is 1. The minimum Gasteiger partial charge on any atom is -0.486 e. The second-order valence-corrected chi connectivity index (χ2v) is 9.33. The van der Waals surface area contributed by atoms with Gasteiger partial charge in [0.15, 0.2) is 5.82 Å². The van der Waals surface area contributed by atoms with Gasteiger partial charge in [-0.1, -0.05) is 25.4 Å². The van der Waals surface area contributed by atoms with E-state index in [0.29, 0.717) is 41.5 Å². The van der Waals surface area contributed by atoms with E-state index in [0.717, 1.165) is 5.52 Å². The summed E-state index contributed by atoms with van der Waals surface area (Å²) in [4.78, 5) is 19.5. The van der Waals surface area contributed by atoms with Crippen LogP contribution in [0.4, 0.5) is 4.39 Å². The third-order valence-corrected chi connectivity index (χ3v) is 6.21. The fourth-order valence-corrected chi connectivity index (χ4v) is 4.57. The van der Waals surface area contributed by atoms with Crippen molar-refractivity contribution in [2.75, 3.05) is 13.1 Å². The predicted octanol–water partition coefficient (Wildman–Crippen LogP) is 4.44. The number of imidazole rings is 1. The first-order valence-electron chi connectivity index (χ1n) is 10.7. The molecule has 0 unspecified atom stereocenters. The summed E-state index contributed by atoms with van der Waals surface area (Å²) >= 11 is 6.07. The normalized spacial score (nSPS) is 21.3. The van der Waals surface area contributed by atoms with Crippen LogP contribution in [0, 0.1) is 11.7 Å². The minimum absolute atomic E-state index is 0.198. The third-order valence-electron chi connectivity index (χ3n) is 5.98. The van der Waals surface area contributed by atoms with Gasteiger partial charge in [0.1, 0.15) is 23.3 Å². The van der Waals surface area contributed by atoms with Crippen molar-refractivity contribution in [1.29, 1.82) is 0 Å². The second-order valence-electron chi connectivity index (χ2n) is 8.89. The SMILES string of the molecule is CC(C)C[C@]1(O)CCN(C(=O)c2nc3cc(Cl)ccc3n2C)C[C@@H]1Oc1ccc(F)cc1. The number of rotatable bonds is 5. The molecule has 3 aromatic rings. The van der Waals surface area contributed by atoms with Gasteiger partial charge in [-0.3, -0.25) is 4.79 Å². The summed E-state index contributed by atoms with van der Waals surface area (Å²) in [6.45, 7) is 4.66. The largest absolute Gasteiger partial charge is 0.486 e. The zero-order valence-corrected chi connectivity index (χ0v) is 19.1. The molecule has 1 saturated heterocycles. The number of piperidine rings is 1. The molecule has 0 bridgehead atoms. The Kier molecular flexibility index (Phi) is 6.14. The van der Waals surface area contributed by atoms with E-state index in [1.165, 1.54) is 24.3 Å². The Bertz CT molecular complexity index is 1130. The number of benzene rings is 2. The first-order chi connectivity index (χ1) is 15.2. The summed E-state index contributed by atoms with van der Waals surface area (Å²) in [6.07, 6.45) is 0.252. The molecule has 1 N–H and O–H groups in total. The van der Waals surface area contributed by atoms with E-state index in [-0.39, 0.29) is 24.2 Å². The molecule has 2 heterocycles. The molecular formula is C24H27ClFN3O3. The maximum Gasteiger partial charge on any atom is 0.290 e. The number of carbonyl (C=O) groups is 1. The molecule has 1 aliphatic rings. The van der Waals surface area contributed by atoms with Crippen molar-refractivity contribution in [2.45, 2.75) is 38.4 Å². The van der Waals surface area contributed by atoms with E-state index >= 15 is 0 Å². The van der Waals surface area contributed by atoms with E-state index in [9.17, 15) is 14.3 Å². The van der Waals surface area contributed by atoms with E-state index in [2.05, 4.69) is 4.98 Å². The topological polar surface area (TPSA) is 67.6 Å². The highest BCUT2D eigenvalue weighted by molar-refractivity contribution is 6.31. The van der Waals surface area contributed by atoms with Gasteiger partial charge in [0.05, 0.1) is 17.6 Å². The van der Waals surface area contributed by atoms with Crippen LogP contribution in [-0.2, 0) is 7.05 Å². The molecule has 4 rings (SSSR count). The van der Waals surface area contributed by atoms with Crippen LogP contribution in [0.2, 0.25) is 5.02 Å². The average molecular weight is 460 g/mol. The molecule has 170 valence electrons. The van der Waals surface area contributed by atoms with Crippen LogP contribution in [0.1, 0.15) is 37.3 Å². The van der Waals surface area contributed by atoms with Crippen LogP contribution in [-0.4, -0.2) is 50.3 Å². The van der Waals surface area contributed by atoms with Gasteiger partial charge in [-0.2, -0.15) is 0 Å². The van der Waals surface area contributed by atoms with Crippen LogP contribution in [0.3, 0.4) is 0 Å². The van der Waals surface area contributed by atoms with Gasteiger partial charge in [-0.05, 0) is 61.2 Å². The van der Waals surface area contributed by atoms with Crippen LogP contribution < -0.4 is 4.74 Å². The number of likely N-dealkylation sites (tertiary alicyclic amines) is 1. The Morgan fingerprint density at radius 3 is 2.72 bits per heavy atom. The summed E-state index contributed by atoms with van der Waals surface area (Å²) in [6, 6.07) is 11.0. The van der Waals surface area contributed by atoms with E-state index in [1.54, 1.807) is 28.6 Å².